The van der Waals surface area contributed by atoms with Crippen LogP contribution in [0.25, 0.3) is 0 Å². The fourth-order valence-electron chi connectivity index (χ4n) is 1.25. The maximum absolute atomic E-state index is 5.62. The molecule has 1 heterocycles. The summed E-state index contributed by atoms with van der Waals surface area (Å²) in [6.45, 7) is 2.11. The van der Waals surface area contributed by atoms with Gasteiger partial charge in [-0.2, -0.15) is 0 Å². The molecule has 1 fully saturated rings. The predicted molar refractivity (Wildman–Crippen MR) is 60.8 cm³/mol. The van der Waals surface area contributed by atoms with E-state index in [-0.39, 0.29) is 12.4 Å². The van der Waals surface area contributed by atoms with Gasteiger partial charge >= 0.3 is 0 Å². The Morgan fingerprint density at radius 1 is 1.62 bits per heavy atom. The lowest BCUT2D eigenvalue weighted by Gasteiger charge is -2.09. The van der Waals surface area contributed by atoms with E-state index in [9.17, 15) is 0 Å². The lowest BCUT2D eigenvalue weighted by atomic mass is 10.2. The molecule has 0 amide bonds. The molecule has 0 bridgehead atoms. The summed E-state index contributed by atoms with van der Waals surface area (Å²) in [6.07, 6.45) is 3.14. The standard InChI is InChI=1S/C8H16N2OS.ClH/c1-6-3-4-7(11-6)5-12-8(9)10-2;/h6-7H,3-5H2,1-2H3,(H2,9,10);1H. The van der Waals surface area contributed by atoms with Crippen molar-refractivity contribution in [3.8, 4) is 0 Å². The lowest BCUT2D eigenvalue weighted by Crippen LogP contribution is -2.15. The third-order valence-electron chi connectivity index (χ3n) is 1.96. The minimum absolute atomic E-state index is 0. The Morgan fingerprint density at radius 3 is 2.77 bits per heavy atom. The molecule has 0 aromatic heterocycles. The van der Waals surface area contributed by atoms with Gasteiger partial charge in [0.25, 0.3) is 0 Å². The van der Waals surface area contributed by atoms with Crippen LogP contribution in [0.15, 0.2) is 4.99 Å². The number of hydrogen-bond donors (Lipinski definition) is 1. The molecule has 0 aromatic carbocycles. The van der Waals surface area contributed by atoms with Crippen molar-refractivity contribution in [1.82, 2.24) is 0 Å². The predicted octanol–water partition coefficient (Wildman–Crippen LogP) is 1.65. The molecule has 0 saturated carbocycles. The summed E-state index contributed by atoms with van der Waals surface area (Å²) in [5.41, 5.74) is 5.54. The van der Waals surface area contributed by atoms with Crippen molar-refractivity contribution in [3.05, 3.63) is 0 Å². The van der Waals surface area contributed by atoms with E-state index in [2.05, 4.69) is 11.9 Å². The van der Waals surface area contributed by atoms with Crippen LogP contribution in [0.2, 0.25) is 0 Å². The molecule has 1 saturated heterocycles. The Labute approximate surface area is 89.9 Å². The van der Waals surface area contributed by atoms with Crippen molar-refractivity contribution in [2.45, 2.75) is 32.0 Å². The van der Waals surface area contributed by atoms with E-state index in [0.717, 1.165) is 12.2 Å². The van der Waals surface area contributed by atoms with Gasteiger partial charge in [-0.15, -0.1) is 12.4 Å². The van der Waals surface area contributed by atoms with Crippen LogP contribution in [-0.2, 0) is 4.74 Å². The molecule has 13 heavy (non-hydrogen) atoms. The van der Waals surface area contributed by atoms with E-state index >= 15 is 0 Å². The second-order valence-electron chi connectivity index (χ2n) is 3.02. The highest BCUT2D eigenvalue weighted by molar-refractivity contribution is 8.13. The number of nitrogens with zero attached hydrogens (tertiary/aromatic N) is 1. The van der Waals surface area contributed by atoms with Crippen molar-refractivity contribution in [3.63, 3.8) is 0 Å². The SMILES string of the molecule is CN=C(N)SCC1CCC(C)O1.Cl. The first-order valence-electron chi connectivity index (χ1n) is 4.23. The third kappa shape index (κ3) is 4.74. The maximum Gasteiger partial charge on any atom is 0.153 e. The zero-order valence-corrected chi connectivity index (χ0v) is 9.66. The first-order valence-corrected chi connectivity index (χ1v) is 5.21. The molecule has 1 aliphatic heterocycles. The van der Waals surface area contributed by atoms with Gasteiger partial charge in [0.2, 0.25) is 0 Å². The van der Waals surface area contributed by atoms with Crippen LogP contribution in [0.4, 0.5) is 0 Å². The van der Waals surface area contributed by atoms with E-state index in [1.807, 2.05) is 0 Å². The monoisotopic (exact) mass is 224 g/mol. The molecule has 5 heteroatoms. The summed E-state index contributed by atoms with van der Waals surface area (Å²) in [4.78, 5) is 3.87. The summed E-state index contributed by atoms with van der Waals surface area (Å²) in [6, 6.07) is 0. The van der Waals surface area contributed by atoms with Gasteiger partial charge in [-0.05, 0) is 19.8 Å². The van der Waals surface area contributed by atoms with Crippen LogP contribution in [0.3, 0.4) is 0 Å². The number of rotatable bonds is 2. The zero-order chi connectivity index (χ0) is 8.97. The van der Waals surface area contributed by atoms with E-state index in [0.29, 0.717) is 17.4 Å². The molecule has 2 atom stereocenters. The molecule has 2 N–H and O–H groups in total. The van der Waals surface area contributed by atoms with Gasteiger partial charge in [0.05, 0.1) is 12.2 Å². The second-order valence-corrected chi connectivity index (χ2v) is 4.06. The molecule has 2 unspecified atom stereocenters. The average Bonchev–Trinajstić information content (AvgIpc) is 2.47. The van der Waals surface area contributed by atoms with Crippen molar-refractivity contribution in [1.29, 1.82) is 0 Å². The van der Waals surface area contributed by atoms with Gasteiger partial charge in [0.1, 0.15) is 0 Å². The number of amidine groups is 1. The van der Waals surface area contributed by atoms with E-state index < -0.39 is 0 Å². The Kier molecular flexibility index (Phi) is 6.55. The molecule has 78 valence electrons. The molecule has 0 aliphatic carbocycles. The van der Waals surface area contributed by atoms with Crippen LogP contribution < -0.4 is 5.73 Å². The number of halogens is 1. The summed E-state index contributed by atoms with van der Waals surface area (Å²) in [7, 11) is 1.71. The van der Waals surface area contributed by atoms with Crippen molar-refractivity contribution < 1.29 is 4.74 Å². The van der Waals surface area contributed by atoms with Crippen LogP contribution >= 0.6 is 24.2 Å². The fraction of sp³-hybridized carbons (Fsp3) is 0.875. The lowest BCUT2D eigenvalue weighted by molar-refractivity contribution is 0.0701. The number of aliphatic imine (C=N–C) groups is 1. The summed E-state index contributed by atoms with van der Waals surface area (Å²) in [5, 5.41) is 0.651. The van der Waals surface area contributed by atoms with Crippen LogP contribution in [0, 0.1) is 0 Å². The van der Waals surface area contributed by atoms with E-state index in [1.165, 1.54) is 6.42 Å². The van der Waals surface area contributed by atoms with Gasteiger partial charge < -0.3 is 10.5 Å². The molecular formula is C8H17ClN2OS. The van der Waals surface area contributed by atoms with Crippen molar-refractivity contribution >= 4 is 29.3 Å². The summed E-state index contributed by atoms with van der Waals surface area (Å²) < 4.78 is 5.62. The maximum atomic E-state index is 5.62. The van der Waals surface area contributed by atoms with Crippen LogP contribution in [0.1, 0.15) is 19.8 Å². The Morgan fingerprint density at radius 2 is 2.31 bits per heavy atom. The van der Waals surface area contributed by atoms with Gasteiger partial charge in [-0.1, -0.05) is 11.8 Å². The number of ether oxygens (including phenoxy) is 1. The second kappa shape index (κ2) is 6.51. The molecular weight excluding hydrogens is 208 g/mol. The van der Waals surface area contributed by atoms with Gasteiger partial charge in [0.15, 0.2) is 5.17 Å². The number of thioether (sulfide) groups is 1. The Balaban J connectivity index is 0.00000144. The minimum Gasteiger partial charge on any atom is -0.379 e. The van der Waals surface area contributed by atoms with Gasteiger partial charge in [0, 0.05) is 12.8 Å². The molecule has 1 rings (SSSR count). The highest BCUT2D eigenvalue weighted by Crippen LogP contribution is 2.22. The quantitative estimate of drug-likeness (QED) is 0.573. The number of hydrogen-bond acceptors (Lipinski definition) is 3. The van der Waals surface area contributed by atoms with Crippen LogP contribution in [0.5, 0.6) is 0 Å². The summed E-state index contributed by atoms with van der Waals surface area (Å²) in [5.74, 6) is 0.938. The van der Waals surface area contributed by atoms with Gasteiger partial charge in [-0.25, -0.2) is 0 Å². The van der Waals surface area contributed by atoms with Crippen LogP contribution in [-0.4, -0.2) is 30.2 Å². The molecule has 1 aliphatic rings. The highest BCUT2D eigenvalue weighted by Gasteiger charge is 2.21. The average molecular weight is 225 g/mol. The largest absolute Gasteiger partial charge is 0.379 e. The van der Waals surface area contributed by atoms with Crippen molar-refractivity contribution in [2.24, 2.45) is 10.7 Å². The first kappa shape index (κ1) is 13.1. The van der Waals surface area contributed by atoms with E-state index in [1.54, 1.807) is 18.8 Å². The first-order chi connectivity index (χ1) is 5.72. The Bertz CT molecular complexity index is 178. The fourth-order valence-corrected chi connectivity index (χ4v) is 1.98. The smallest absolute Gasteiger partial charge is 0.153 e. The van der Waals surface area contributed by atoms with Gasteiger partial charge in [-0.3, -0.25) is 4.99 Å². The number of nitrogens with two attached hydrogens (primary N) is 1. The highest BCUT2D eigenvalue weighted by atomic mass is 35.5. The molecule has 0 radical (unpaired) electrons. The molecule has 0 aromatic rings. The Hall–Kier alpha value is 0.0700. The normalized spacial score (nSPS) is 28.6. The summed E-state index contributed by atoms with van der Waals surface area (Å²) >= 11 is 1.58. The van der Waals surface area contributed by atoms with Crippen molar-refractivity contribution in [2.75, 3.05) is 12.8 Å². The van der Waals surface area contributed by atoms with E-state index in [4.69, 9.17) is 10.5 Å². The zero-order valence-electron chi connectivity index (χ0n) is 8.03. The topological polar surface area (TPSA) is 47.6 Å². The molecule has 0 spiro atoms. The third-order valence-corrected chi connectivity index (χ3v) is 2.97. The molecule has 3 nitrogen and oxygen atoms in total. The minimum atomic E-state index is 0.